The number of rotatable bonds is 4. The predicted molar refractivity (Wildman–Crippen MR) is 70.4 cm³/mol. The van der Waals surface area contributed by atoms with Crippen molar-refractivity contribution in [3.63, 3.8) is 0 Å². The zero-order valence-electron chi connectivity index (χ0n) is 12.7. The van der Waals surface area contributed by atoms with Gasteiger partial charge in [0, 0.05) is 13.5 Å². The lowest BCUT2D eigenvalue weighted by Crippen LogP contribution is -2.35. The highest BCUT2D eigenvalue weighted by molar-refractivity contribution is 6.15. The summed E-state index contributed by atoms with van der Waals surface area (Å²) in [5.74, 6) is -2.42. The first-order valence-electron chi connectivity index (χ1n) is 6.41. The molecule has 1 fully saturated rings. The van der Waals surface area contributed by atoms with Gasteiger partial charge in [-0.1, -0.05) is 0 Å². The summed E-state index contributed by atoms with van der Waals surface area (Å²) >= 11 is 0. The second-order valence-electron chi connectivity index (χ2n) is 4.56. The SMILES string of the molecule is COC(=O)C1=C2OCCC2(OC)C(C(=O)OC)=C1C(=O)OC. The van der Waals surface area contributed by atoms with Gasteiger partial charge in [0.15, 0.2) is 5.60 Å². The summed E-state index contributed by atoms with van der Waals surface area (Å²) in [6, 6.07) is 0. The Morgan fingerprint density at radius 2 is 1.45 bits per heavy atom. The van der Waals surface area contributed by atoms with E-state index in [0.29, 0.717) is 0 Å². The first kappa shape index (κ1) is 16.0. The van der Waals surface area contributed by atoms with E-state index in [1.54, 1.807) is 0 Å². The van der Waals surface area contributed by atoms with Crippen LogP contribution in [0.3, 0.4) is 0 Å². The Kier molecular flexibility index (Phi) is 4.23. The predicted octanol–water partition coefficient (Wildman–Crippen LogP) is -0.125. The molecule has 8 nitrogen and oxygen atoms in total. The molecule has 22 heavy (non-hydrogen) atoms. The van der Waals surface area contributed by atoms with E-state index in [-0.39, 0.29) is 35.5 Å². The van der Waals surface area contributed by atoms with Crippen LogP contribution in [0, 0.1) is 0 Å². The maximum atomic E-state index is 12.2. The Bertz CT molecular complexity index is 600. The molecular formula is C14H16O8. The van der Waals surface area contributed by atoms with E-state index in [4.69, 9.17) is 18.9 Å². The van der Waals surface area contributed by atoms with Gasteiger partial charge >= 0.3 is 17.9 Å². The van der Waals surface area contributed by atoms with Gasteiger partial charge in [-0.2, -0.15) is 0 Å². The number of esters is 3. The fourth-order valence-electron chi connectivity index (χ4n) is 2.75. The molecule has 0 amide bonds. The van der Waals surface area contributed by atoms with Gasteiger partial charge in [0.2, 0.25) is 0 Å². The van der Waals surface area contributed by atoms with Crippen LogP contribution in [-0.4, -0.2) is 58.6 Å². The van der Waals surface area contributed by atoms with Crippen molar-refractivity contribution in [2.24, 2.45) is 0 Å². The van der Waals surface area contributed by atoms with Crippen molar-refractivity contribution in [3.8, 4) is 0 Å². The maximum absolute atomic E-state index is 12.2. The van der Waals surface area contributed by atoms with E-state index in [1.165, 1.54) is 14.2 Å². The zero-order valence-corrected chi connectivity index (χ0v) is 12.7. The summed E-state index contributed by atoms with van der Waals surface area (Å²) in [5.41, 5.74) is -1.88. The lowest BCUT2D eigenvalue weighted by atomic mass is 9.92. The minimum Gasteiger partial charge on any atom is -0.493 e. The Morgan fingerprint density at radius 1 is 0.909 bits per heavy atom. The number of fused-ring (bicyclic) bond motifs is 1. The van der Waals surface area contributed by atoms with Gasteiger partial charge in [0.25, 0.3) is 0 Å². The molecule has 0 aromatic carbocycles. The molecule has 1 aliphatic carbocycles. The fraction of sp³-hybridized carbons (Fsp3) is 0.500. The molecule has 0 aromatic heterocycles. The van der Waals surface area contributed by atoms with E-state index >= 15 is 0 Å². The quantitative estimate of drug-likeness (QED) is 0.523. The molecule has 120 valence electrons. The highest BCUT2D eigenvalue weighted by Gasteiger charge is 2.59. The summed E-state index contributed by atoms with van der Waals surface area (Å²) in [6.45, 7) is 0.221. The van der Waals surface area contributed by atoms with Gasteiger partial charge in [-0.05, 0) is 0 Å². The molecule has 1 heterocycles. The lowest BCUT2D eigenvalue weighted by molar-refractivity contribution is -0.141. The van der Waals surface area contributed by atoms with E-state index in [9.17, 15) is 14.4 Å². The number of hydrogen-bond donors (Lipinski definition) is 0. The number of ether oxygens (including phenoxy) is 5. The molecule has 0 spiro atoms. The highest BCUT2D eigenvalue weighted by atomic mass is 16.6. The monoisotopic (exact) mass is 312 g/mol. The van der Waals surface area contributed by atoms with Crippen LogP contribution in [0.25, 0.3) is 0 Å². The van der Waals surface area contributed by atoms with Crippen molar-refractivity contribution in [1.82, 2.24) is 0 Å². The van der Waals surface area contributed by atoms with Crippen LogP contribution in [-0.2, 0) is 38.1 Å². The third kappa shape index (κ3) is 1.98. The largest absolute Gasteiger partial charge is 0.493 e. The van der Waals surface area contributed by atoms with Gasteiger partial charge in [-0.3, -0.25) is 0 Å². The Labute approximate surface area is 126 Å². The minimum atomic E-state index is -1.35. The molecule has 0 N–H and O–H groups in total. The highest BCUT2D eigenvalue weighted by Crippen LogP contribution is 2.50. The molecule has 2 aliphatic rings. The first-order valence-corrected chi connectivity index (χ1v) is 6.41. The molecule has 1 unspecified atom stereocenters. The van der Waals surface area contributed by atoms with Crippen molar-refractivity contribution in [3.05, 3.63) is 22.5 Å². The van der Waals surface area contributed by atoms with Crippen LogP contribution in [0.5, 0.6) is 0 Å². The molecule has 0 radical (unpaired) electrons. The van der Waals surface area contributed by atoms with Gasteiger partial charge < -0.3 is 23.7 Å². The average Bonchev–Trinajstić information content (AvgIpc) is 3.07. The topological polar surface area (TPSA) is 97.4 Å². The Balaban J connectivity index is 2.79. The number of carbonyl (C=O) groups excluding carboxylic acids is 3. The summed E-state index contributed by atoms with van der Waals surface area (Å²) in [7, 11) is 4.81. The molecule has 8 heteroatoms. The number of hydrogen-bond acceptors (Lipinski definition) is 8. The van der Waals surface area contributed by atoms with E-state index in [2.05, 4.69) is 4.74 Å². The summed E-state index contributed by atoms with van der Waals surface area (Å²) in [5, 5.41) is 0. The van der Waals surface area contributed by atoms with Crippen LogP contribution < -0.4 is 0 Å². The van der Waals surface area contributed by atoms with Gasteiger partial charge in [-0.25, -0.2) is 14.4 Å². The minimum absolute atomic E-state index is 0.0719. The van der Waals surface area contributed by atoms with Crippen LogP contribution in [0.15, 0.2) is 22.5 Å². The van der Waals surface area contributed by atoms with Gasteiger partial charge in [0.05, 0.1) is 39.1 Å². The Morgan fingerprint density at radius 3 is 1.95 bits per heavy atom. The molecular weight excluding hydrogens is 296 g/mol. The maximum Gasteiger partial charge on any atom is 0.342 e. The second kappa shape index (κ2) is 5.80. The summed E-state index contributed by atoms with van der Waals surface area (Å²) < 4.78 is 25.0. The molecule has 1 aliphatic heterocycles. The standard InChI is InChI=1S/C14H16O8/c1-18-11(15)7-8(12(16)19-2)10-14(21-4,5-6-22-10)9(7)13(17)20-3/h5-6H2,1-4H3. The molecule has 0 aromatic rings. The third-order valence-corrected chi connectivity index (χ3v) is 3.72. The van der Waals surface area contributed by atoms with Crippen molar-refractivity contribution in [1.29, 1.82) is 0 Å². The summed E-state index contributed by atoms with van der Waals surface area (Å²) in [4.78, 5) is 36.4. The van der Waals surface area contributed by atoms with E-state index < -0.39 is 23.5 Å². The van der Waals surface area contributed by atoms with Crippen LogP contribution >= 0.6 is 0 Å². The molecule has 2 rings (SSSR count). The first-order chi connectivity index (χ1) is 10.5. The number of carbonyl (C=O) groups is 3. The van der Waals surface area contributed by atoms with Crippen LogP contribution in [0.1, 0.15) is 6.42 Å². The second-order valence-corrected chi connectivity index (χ2v) is 4.56. The van der Waals surface area contributed by atoms with Crippen molar-refractivity contribution >= 4 is 17.9 Å². The molecule has 0 bridgehead atoms. The van der Waals surface area contributed by atoms with Crippen molar-refractivity contribution in [2.75, 3.05) is 35.0 Å². The van der Waals surface area contributed by atoms with E-state index in [1.807, 2.05) is 0 Å². The van der Waals surface area contributed by atoms with Crippen LogP contribution in [0.4, 0.5) is 0 Å². The van der Waals surface area contributed by atoms with E-state index in [0.717, 1.165) is 14.2 Å². The Hall–Kier alpha value is -2.35. The average molecular weight is 312 g/mol. The summed E-state index contributed by atoms with van der Waals surface area (Å²) in [6.07, 6.45) is 0.254. The zero-order chi connectivity index (χ0) is 16.5. The van der Waals surface area contributed by atoms with Crippen LogP contribution in [0.2, 0.25) is 0 Å². The smallest absolute Gasteiger partial charge is 0.342 e. The third-order valence-electron chi connectivity index (χ3n) is 3.72. The molecule has 1 atom stereocenters. The molecule has 0 saturated carbocycles. The van der Waals surface area contributed by atoms with Gasteiger partial charge in [0.1, 0.15) is 11.3 Å². The number of methoxy groups -OCH3 is 4. The molecule has 1 saturated heterocycles. The van der Waals surface area contributed by atoms with Gasteiger partial charge in [-0.15, -0.1) is 0 Å². The fourth-order valence-corrected chi connectivity index (χ4v) is 2.75. The normalized spacial score (nSPS) is 23.1. The lowest BCUT2D eigenvalue weighted by Gasteiger charge is -2.25. The van der Waals surface area contributed by atoms with Crippen molar-refractivity contribution in [2.45, 2.75) is 12.0 Å². The van der Waals surface area contributed by atoms with Crippen molar-refractivity contribution < 1.29 is 38.1 Å².